The van der Waals surface area contributed by atoms with E-state index in [2.05, 4.69) is 31.0 Å². The second-order valence-electron chi connectivity index (χ2n) is 10.0. The SMILES string of the molecule is COc1cc(Nc2nc(N[C@H]3CCCC[C@H]3NC(=O)OC(C)(C)C)n3ncnc3c2C(N)=O)cc(OC)c1. The summed E-state index contributed by atoms with van der Waals surface area (Å²) in [6, 6.07) is 4.83. The van der Waals surface area contributed by atoms with Crippen LogP contribution in [0.15, 0.2) is 24.5 Å². The predicted molar refractivity (Wildman–Crippen MR) is 141 cm³/mol. The molecular weight excluding hydrogens is 492 g/mol. The van der Waals surface area contributed by atoms with Crippen molar-refractivity contribution < 1.29 is 23.8 Å². The molecule has 0 unspecified atom stereocenters. The summed E-state index contributed by atoms with van der Waals surface area (Å²) in [5, 5.41) is 13.8. The number of nitrogens with one attached hydrogen (secondary N) is 3. The van der Waals surface area contributed by atoms with Crippen LogP contribution in [0.25, 0.3) is 5.65 Å². The van der Waals surface area contributed by atoms with Gasteiger partial charge in [0.15, 0.2) is 11.5 Å². The summed E-state index contributed by atoms with van der Waals surface area (Å²) < 4.78 is 17.6. The van der Waals surface area contributed by atoms with Crippen LogP contribution < -0.4 is 31.2 Å². The van der Waals surface area contributed by atoms with Gasteiger partial charge in [0, 0.05) is 29.9 Å². The number of alkyl carbamates (subject to hydrolysis) is 1. The molecule has 1 saturated carbocycles. The Kier molecular flexibility index (Phi) is 7.74. The molecular formula is C25H34N8O5. The van der Waals surface area contributed by atoms with E-state index in [1.54, 1.807) is 32.4 Å². The van der Waals surface area contributed by atoms with Gasteiger partial charge in [0.05, 0.1) is 20.3 Å². The molecule has 3 aromatic rings. The monoisotopic (exact) mass is 526 g/mol. The van der Waals surface area contributed by atoms with Crippen LogP contribution in [0.2, 0.25) is 0 Å². The van der Waals surface area contributed by atoms with Crippen molar-refractivity contribution in [2.75, 3.05) is 24.9 Å². The molecule has 2 heterocycles. The number of anilines is 3. The molecule has 2 atom stereocenters. The number of carbonyl (C=O) groups is 2. The van der Waals surface area contributed by atoms with Crippen molar-refractivity contribution in [3.63, 3.8) is 0 Å². The molecule has 5 N–H and O–H groups in total. The molecule has 1 aromatic carbocycles. The van der Waals surface area contributed by atoms with Crippen LogP contribution in [0, 0.1) is 0 Å². The molecule has 1 aliphatic carbocycles. The number of carbonyl (C=O) groups excluding carboxylic acids is 2. The van der Waals surface area contributed by atoms with Crippen LogP contribution in [0.4, 0.5) is 22.2 Å². The molecule has 204 valence electrons. The summed E-state index contributed by atoms with van der Waals surface area (Å²) in [7, 11) is 3.09. The lowest BCUT2D eigenvalue weighted by Crippen LogP contribution is -2.50. The van der Waals surface area contributed by atoms with Gasteiger partial charge in [-0.05, 0) is 33.6 Å². The maximum absolute atomic E-state index is 12.5. The number of hydrogen-bond acceptors (Lipinski definition) is 10. The number of aromatic nitrogens is 4. The van der Waals surface area contributed by atoms with E-state index in [0.717, 1.165) is 25.7 Å². The summed E-state index contributed by atoms with van der Waals surface area (Å²) in [6.45, 7) is 5.46. The van der Waals surface area contributed by atoms with Gasteiger partial charge < -0.3 is 35.9 Å². The number of hydrogen-bond donors (Lipinski definition) is 4. The largest absolute Gasteiger partial charge is 0.497 e. The van der Waals surface area contributed by atoms with Crippen LogP contribution in [0.3, 0.4) is 0 Å². The predicted octanol–water partition coefficient (Wildman–Crippen LogP) is 3.23. The first kappa shape index (κ1) is 26.8. The molecule has 0 spiro atoms. The number of amides is 2. The highest BCUT2D eigenvalue weighted by atomic mass is 16.6. The fraction of sp³-hybridized carbons (Fsp3) is 0.480. The van der Waals surface area contributed by atoms with Crippen molar-refractivity contribution in [1.82, 2.24) is 24.9 Å². The zero-order chi connectivity index (χ0) is 27.4. The van der Waals surface area contributed by atoms with Gasteiger partial charge in [-0.1, -0.05) is 12.8 Å². The fourth-order valence-electron chi connectivity index (χ4n) is 4.41. The first-order valence-electron chi connectivity index (χ1n) is 12.4. The van der Waals surface area contributed by atoms with Gasteiger partial charge >= 0.3 is 6.09 Å². The van der Waals surface area contributed by atoms with Crippen LogP contribution in [-0.2, 0) is 4.74 Å². The summed E-state index contributed by atoms with van der Waals surface area (Å²) in [5.41, 5.74) is 6.00. The Morgan fingerprint density at radius 1 is 1.05 bits per heavy atom. The molecule has 0 radical (unpaired) electrons. The van der Waals surface area contributed by atoms with E-state index >= 15 is 0 Å². The van der Waals surface area contributed by atoms with E-state index in [9.17, 15) is 9.59 Å². The number of fused-ring (bicyclic) bond motifs is 1. The Hall–Kier alpha value is -4.29. The van der Waals surface area contributed by atoms with Crippen molar-refractivity contribution in [2.45, 2.75) is 64.1 Å². The topological polar surface area (TPSA) is 167 Å². The summed E-state index contributed by atoms with van der Waals surface area (Å²) in [4.78, 5) is 33.9. The van der Waals surface area contributed by atoms with Crippen molar-refractivity contribution in [1.29, 1.82) is 0 Å². The van der Waals surface area contributed by atoms with E-state index in [1.807, 2.05) is 20.8 Å². The van der Waals surface area contributed by atoms with Gasteiger partial charge in [0.1, 0.15) is 29.0 Å². The van der Waals surface area contributed by atoms with E-state index in [-0.39, 0.29) is 29.1 Å². The Morgan fingerprint density at radius 2 is 1.71 bits per heavy atom. The van der Waals surface area contributed by atoms with Crippen LogP contribution >= 0.6 is 0 Å². The van der Waals surface area contributed by atoms with Crippen LogP contribution in [0.1, 0.15) is 56.8 Å². The van der Waals surface area contributed by atoms with Crippen LogP contribution in [0.5, 0.6) is 11.5 Å². The molecule has 4 rings (SSSR count). The Morgan fingerprint density at radius 3 is 2.32 bits per heavy atom. The molecule has 38 heavy (non-hydrogen) atoms. The number of nitrogens with zero attached hydrogens (tertiary/aromatic N) is 4. The van der Waals surface area contributed by atoms with Crippen molar-refractivity contribution in [2.24, 2.45) is 5.73 Å². The fourth-order valence-corrected chi connectivity index (χ4v) is 4.41. The van der Waals surface area contributed by atoms with Gasteiger partial charge in [-0.25, -0.2) is 9.78 Å². The van der Waals surface area contributed by atoms with Gasteiger partial charge in [-0.15, -0.1) is 0 Å². The molecule has 0 aliphatic heterocycles. The molecule has 1 aliphatic rings. The molecule has 1 fully saturated rings. The third kappa shape index (κ3) is 6.15. The zero-order valence-corrected chi connectivity index (χ0v) is 22.2. The number of benzene rings is 1. The highest BCUT2D eigenvalue weighted by molar-refractivity contribution is 6.04. The van der Waals surface area contributed by atoms with Gasteiger partial charge in [0.2, 0.25) is 5.95 Å². The first-order chi connectivity index (χ1) is 18.1. The number of nitrogens with two attached hydrogens (primary N) is 1. The molecule has 0 saturated heterocycles. The number of methoxy groups -OCH3 is 2. The Balaban J connectivity index is 1.69. The number of rotatable bonds is 8. The lowest BCUT2D eigenvalue weighted by atomic mass is 9.90. The lowest BCUT2D eigenvalue weighted by Gasteiger charge is -2.33. The highest BCUT2D eigenvalue weighted by Crippen LogP contribution is 2.31. The van der Waals surface area contributed by atoms with E-state index < -0.39 is 17.6 Å². The average molecular weight is 527 g/mol. The van der Waals surface area contributed by atoms with Gasteiger partial charge in [-0.2, -0.15) is 14.6 Å². The van der Waals surface area contributed by atoms with E-state index in [0.29, 0.717) is 23.1 Å². The third-order valence-corrected chi connectivity index (χ3v) is 6.07. The van der Waals surface area contributed by atoms with Crippen LogP contribution in [-0.4, -0.2) is 63.5 Å². The number of primary amides is 1. The first-order valence-corrected chi connectivity index (χ1v) is 12.4. The molecule has 13 heteroatoms. The van der Waals surface area contributed by atoms with Gasteiger partial charge in [-0.3, -0.25) is 4.79 Å². The summed E-state index contributed by atoms with van der Waals surface area (Å²) in [6.07, 6.45) is 4.34. The Bertz CT molecular complexity index is 1300. The van der Waals surface area contributed by atoms with Crippen molar-refractivity contribution >= 4 is 35.1 Å². The second-order valence-corrected chi connectivity index (χ2v) is 10.0. The van der Waals surface area contributed by atoms with E-state index in [1.165, 1.54) is 10.8 Å². The minimum atomic E-state index is -0.721. The minimum Gasteiger partial charge on any atom is -0.497 e. The zero-order valence-electron chi connectivity index (χ0n) is 22.2. The summed E-state index contributed by atoms with van der Waals surface area (Å²) >= 11 is 0. The maximum atomic E-state index is 12.5. The standard InChI is InChI=1S/C25H34N8O5/c1-25(2,3)38-24(35)31-18-9-7-6-8-17(18)30-23-32-21(19(20(26)34)22-27-13-28-33(22)23)29-14-10-15(36-4)12-16(11-14)37-5/h10-13,17-18,29H,6-9H2,1-5H3,(H2,26,34)(H,30,32)(H,31,35)/t17-,18+/m0/s1. The maximum Gasteiger partial charge on any atom is 0.407 e. The van der Waals surface area contributed by atoms with Crippen molar-refractivity contribution in [3.8, 4) is 11.5 Å². The third-order valence-electron chi connectivity index (χ3n) is 6.07. The van der Waals surface area contributed by atoms with Gasteiger partial charge in [0.25, 0.3) is 5.91 Å². The Labute approximate surface area is 220 Å². The highest BCUT2D eigenvalue weighted by Gasteiger charge is 2.30. The lowest BCUT2D eigenvalue weighted by molar-refractivity contribution is 0.0488. The minimum absolute atomic E-state index is 0.0712. The quantitative estimate of drug-likeness (QED) is 0.342. The second kappa shape index (κ2) is 11.0. The molecule has 2 aromatic heterocycles. The smallest absolute Gasteiger partial charge is 0.407 e. The molecule has 2 amide bonds. The number of ether oxygens (including phenoxy) is 3. The normalized spacial score (nSPS) is 17.5. The molecule has 0 bridgehead atoms. The average Bonchev–Trinajstić information content (AvgIpc) is 3.33. The molecule has 13 nitrogen and oxygen atoms in total. The van der Waals surface area contributed by atoms with E-state index in [4.69, 9.17) is 19.9 Å². The summed E-state index contributed by atoms with van der Waals surface area (Å²) in [5.74, 6) is 0.896. The van der Waals surface area contributed by atoms with Crippen molar-refractivity contribution in [3.05, 3.63) is 30.1 Å².